The van der Waals surface area contributed by atoms with E-state index in [1.54, 1.807) is 0 Å². The molecule has 13 heavy (non-hydrogen) atoms. The number of nitrogens with zero attached hydrogens (tertiary/aromatic N) is 2. The monoisotopic (exact) mass is 183 g/mol. The van der Waals surface area contributed by atoms with Gasteiger partial charge < -0.3 is 10.8 Å². The van der Waals surface area contributed by atoms with Crippen molar-refractivity contribution in [2.75, 3.05) is 6.61 Å². The van der Waals surface area contributed by atoms with Gasteiger partial charge in [0.05, 0.1) is 12.3 Å². The number of hydrogen-bond donors (Lipinski definition) is 2. The van der Waals surface area contributed by atoms with Crippen molar-refractivity contribution in [3.05, 3.63) is 17.0 Å². The lowest BCUT2D eigenvalue weighted by molar-refractivity contribution is 0.265. The van der Waals surface area contributed by atoms with Crippen LogP contribution in [0.25, 0.3) is 0 Å². The van der Waals surface area contributed by atoms with Gasteiger partial charge in [-0.3, -0.25) is 4.68 Å². The summed E-state index contributed by atoms with van der Waals surface area (Å²) >= 11 is 0. The Balaban J connectivity index is 2.87. The van der Waals surface area contributed by atoms with Gasteiger partial charge >= 0.3 is 0 Å². The van der Waals surface area contributed by atoms with Crippen LogP contribution in [-0.2, 0) is 13.5 Å². The zero-order valence-corrected chi connectivity index (χ0v) is 8.41. The van der Waals surface area contributed by atoms with Crippen LogP contribution in [0.2, 0.25) is 0 Å². The smallest absolute Gasteiger partial charge is 0.0628 e. The van der Waals surface area contributed by atoms with E-state index in [4.69, 9.17) is 10.8 Å². The Morgan fingerprint density at radius 1 is 1.54 bits per heavy atom. The van der Waals surface area contributed by atoms with Gasteiger partial charge in [-0.05, 0) is 25.8 Å². The first-order valence-electron chi connectivity index (χ1n) is 4.41. The zero-order chi connectivity index (χ0) is 10.0. The molecule has 0 saturated carbocycles. The van der Waals surface area contributed by atoms with Crippen LogP contribution in [-0.4, -0.2) is 27.5 Å². The summed E-state index contributed by atoms with van der Waals surface area (Å²) in [6.07, 6.45) is 0.696. The van der Waals surface area contributed by atoms with Crippen molar-refractivity contribution < 1.29 is 5.11 Å². The van der Waals surface area contributed by atoms with Crippen LogP contribution in [0, 0.1) is 13.8 Å². The molecule has 0 fully saturated rings. The van der Waals surface area contributed by atoms with Crippen molar-refractivity contribution in [2.45, 2.75) is 26.3 Å². The van der Waals surface area contributed by atoms with Gasteiger partial charge in [0, 0.05) is 18.8 Å². The normalized spacial score (nSPS) is 13.3. The lowest BCUT2D eigenvalue weighted by atomic mass is 10.1. The van der Waals surface area contributed by atoms with Crippen molar-refractivity contribution in [3.8, 4) is 0 Å². The number of aliphatic hydroxyl groups is 1. The second-order valence-electron chi connectivity index (χ2n) is 3.42. The Morgan fingerprint density at radius 2 is 2.15 bits per heavy atom. The third-order valence-electron chi connectivity index (χ3n) is 2.36. The van der Waals surface area contributed by atoms with Crippen molar-refractivity contribution in [1.29, 1.82) is 0 Å². The van der Waals surface area contributed by atoms with Gasteiger partial charge in [0.1, 0.15) is 0 Å². The van der Waals surface area contributed by atoms with E-state index >= 15 is 0 Å². The molecule has 4 heteroatoms. The maximum Gasteiger partial charge on any atom is 0.0628 e. The molecule has 0 bridgehead atoms. The van der Waals surface area contributed by atoms with Crippen LogP contribution in [0.1, 0.15) is 17.0 Å². The Hall–Kier alpha value is -0.870. The first kappa shape index (κ1) is 10.2. The molecule has 1 rings (SSSR count). The van der Waals surface area contributed by atoms with Crippen LogP contribution in [0.5, 0.6) is 0 Å². The van der Waals surface area contributed by atoms with E-state index < -0.39 is 0 Å². The molecule has 0 aliphatic carbocycles. The summed E-state index contributed by atoms with van der Waals surface area (Å²) in [5.74, 6) is 0. The van der Waals surface area contributed by atoms with E-state index in [1.165, 1.54) is 0 Å². The number of rotatable bonds is 3. The first-order valence-corrected chi connectivity index (χ1v) is 4.41. The number of aliphatic hydroxyl groups excluding tert-OH is 1. The fourth-order valence-electron chi connectivity index (χ4n) is 1.44. The number of nitrogens with two attached hydrogens (primary N) is 1. The molecule has 4 nitrogen and oxygen atoms in total. The van der Waals surface area contributed by atoms with Crippen molar-refractivity contribution in [1.82, 2.24) is 9.78 Å². The Bertz CT molecular complexity index is 293. The van der Waals surface area contributed by atoms with E-state index in [-0.39, 0.29) is 12.6 Å². The van der Waals surface area contributed by atoms with Crippen molar-refractivity contribution in [3.63, 3.8) is 0 Å². The van der Waals surface area contributed by atoms with Crippen LogP contribution in [0.3, 0.4) is 0 Å². The minimum Gasteiger partial charge on any atom is -0.395 e. The number of aryl methyl sites for hydroxylation is 2. The summed E-state index contributed by atoms with van der Waals surface area (Å²) < 4.78 is 1.84. The standard InChI is InChI=1S/C9H17N3O/c1-6-9(4-8(10)5-13)7(2)12(3)11-6/h8,13H,4-5,10H2,1-3H3. The highest BCUT2D eigenvalue weighted by Gasteiger charge is 2.12. The molecular formula is C9H17N3O. The highest BCUT2D eigenvalue weighted by Crippen LogP contribution is 2.13. The predicted octanol–water partition coefficient (Wildman–Crippen LogP) is -0.101. The minimum atomic E-state index is -0.179. The number of hydrogen-bond acceptors (Lipinski definition) is 3. The van der Waals surface area contributed by atoms with E-state index in [9.17, 15) is 0 Å². The predicted molar refractivity (Wildman–Crippen MR) is 51.4 cm³/mol. The van der Waals surface area contributed by atoms with E-state index in [1.807, 2.05) is 25.6 Å². The maximum atomic E-state index is 8.83. The molecular weight excluding hydrogens is 166 g/mol. The molecule has 1 aromatic heterocycles. The molecule has 0 aliphatic heterocycles. The van der Waals surface area contributed by atoms with Gasteiger partial charge in [0.15, 0.2) is 0 Å². The molecule has 1 atom stereocenters. The molecule has 74 valence electrons. The molecule has 0 saturated heterocycles. The second-order valence-corrected chi connectivity index (χ2v) is 3.42. The quantitative estimate of drug-likeness (QED) is 0.687. The van der Waals surface area contributed by atoms with Gasteiger partial charge in [-0.2, -0.15) is 5.10 Å². The maximum absolute atomic E-state index is 8.83. The molecule has 0 aromatic carbocycles. The summed E-state index contributed by atoms with van der Waals surface area (Å²) in [7, 11) is 1.91. The summed E-state index contributed by atoms with van der Waals surface area (Å²) in [4.78, 5) is 0. The first-order chi connectivity index (χ1) is 6.06. The highest BCUT2D eigenvalue weighted by atomic mass is 16.3. The SMILES string of the molecule is Cc1nn(C)c(C)c1CC(N)CO. The van der Waals surface area contributed by atoms with Crippen LogP contribution in [0.15, 0.2) is 0 Å². The average molecular weight is 183 g/mol. The molecule has 3 N–H and O–H groups in total. The lowest BCUT2D eigenvalue weighted by Crippen LogP contribution is -2.27. The van der Waals surface area contributed by atoms with Gasteiger partial charge in [-0.1, -0.05) is 0 Å². The largest absolute Gasteiger partial charge is 0.395 e. The molecule has 0 spiro atoms. The third kappa shape index (κ3) is 2.08. The molecule has 0 aliphatic rings. The Kier molecular flexibility index (Phi) is 3.06. The highest BCUT2D eigenvalue weighted by molar-refractivity contribution is 5.25. The van der Waals surface area contributed by atoms with Gasteiger partial charge in [0.2, 0.25) is 0 Å². The molecule has 1 aromatic rings. The second kappa shape index (κ2) is 3.89. The van der Waals surface area contributed by atoms with Gasteiger partial charge in [-0.15, -0.1) is 0 Å². The molecule has 0 radical (unpaired) electrons. The minimum absolute atomic E-state index is 0.0216. The number of aromatic nitrogens is 2. The molecule has 1 heterocycles. The summed E-state index contributed by atoms with van der Waals surface area (Å²) in [6.45, 7) is 4.00. The van der Waals surface area contributed by atoms with Crippen molar-refractivity contribution in [2.24, 2.45) is 12.8 Å². The fraction of sp³-hybridized carbons (Fsp3) is 0.667. The van der Waals surface area contributed by atoms with E-state index in [2.05, 4.69) is 5.10 Å². The lowest BCUT2D eigenvalue weighted by Gasteiger charge is -2.07. The third-order valence-corrected chi connectivity index (χ3v) is 2.36. The van der Waals surface area contributed by atoms with Gasteiger partial charge in [0.25, 0.3) is 0 Å². The van der Waals surface area contributed by atoms with Gasteiger partial charge in [-0.25, -0.2) is 0 Å². The molecule has 0 amide bonds. The van der Waals surface area contributed by atoms with Crippen LogP contribution >= 0.6 is 0 Å². The topological polar surface area (TPSA) is 64.1 Å². The Morgan fingerprint density at radius 3 is 2.54 bits per heavy atom. The molecule has 1 unspecified atom stereocenters. The van der Waals surface area contributed by atoms with Crippen molar-refractivity contribution >= 4 is 0 Å². The fourth-order valence-corrected chi connectivity index (χ4v) is 1.44. The van der Waals surface area contributed by atoms with E-state index in [0.717, 1.165) is 17.0 Å². The van der Waals surface area contributed by atoms with Crippen LogP contribution < -0.4 is 5.73 Å². The average Bonchev–Trinajstić information content (AvgIpc) is 2.32. The van der Waals surface area contributed by atoms with Crippen LogP contribution in [0.4, 0.5) is 0 Å². The zero-order valence-electron chi connectivity index (χ0n) is 8.41. The summed E-state index contributed by atoms with van der Waals surface area (Å²) in [5, 5.41) is 13.1. The summed E-state index contributed by atoms with van der Waals surface area (Å²) in [6, 6.07) is -0.179. The Labute approximate surface area is 78.4 Å². The van der Waals surface area contributed by atoms with E-state index in [0.29, 0.717) is 6.42 Å². The summed E-state index contributed by atoms with van der Waals surface area (Å²) in [5.41, 5.74) is 8.95.